The summed E-state index contributed by atoms with van der Waals surface area (Å²) in [6.07, 6.45) is 0.332. The van der Waals surface area contributed by atoms with Crippen molar-refractivity contribution < 1.29 is 33.8 Å². The predicted octanol–water partition coefficient (Wildman–Crippen LogP) is 0.748. The molecule has 3 aliphatic rings. The number of oxime groups is 1. The van der Waals surface area contributed by atoms with Gasteiger partial charge in [-0.05, 0) is 5.41 Å². The van der Waals surface area contributed by atoms with E-state index in [9.17, 15) is 14.4 Å². The molecule has 0 aliphatic carbocycles. The summed E-state index contributed by atoms with van der Waals surface area (Å²) in [5.74, 6) is -1.37. The summed E-state index contributed by atoms with van der Waals surface area (Å²) in [5, 5.41) is 15.4. The van der Waals surface area contributed by atoms with Crippen molar-refractivity contribution in [2.75, 3.05) is 26.3 Å². The van der Waals surface area contributed by atoms with Crippen molar-refractivity contribution in [1.29, 1.82) is 0 Å². The smallest absolute Gasteiger partial charge is 0.408 e. The van der Waals surface area contributed by atoms with Gasteiger partial charge in [0.05, 0.1) is 19.8 Å². The van der Waals surface area contributed by atoms with Crippen LogP contribution in [-0.4, -0.2) is 77.7 Å². The third-order valence-electron chi connectivity index (χ3n) is 5.25. The van der Waals surface area contributed by atoms with Gasteiger partial charge in [-0.2, -0.15) is 0 Å². The Morgan fingerprint density at radius 2 is 2.14 bits per heavy atom. The Bertz CT molecular complexity index is 681. The number of carboxylic acid groups (broad SMARTS) is 1. The standard InChI is InChI=1S/C18H27N3O7/c1-17(2,3)13(19-16(25)27-11-4-7-26-9-11)14(22)21-6-5-18(10-21)8-12(15(23)24)20-28-18/h11,13H,4-10H2,1-3H3,(H,19,25)(H,23,24)/t11-,13?,18-/m0/s1. The number of likely N-dealkylation sites (tertiary alicyclic amines) is 1. The maximum atomic E-state index is 13.1. The lowest BCUT2D eigenvalue weighted by Gasteiger charge is -2.33. The fourth-order valence-corrected chi connectivity index (χ4v) is 3.63. The zero-order valence-corrected chi connectivity index (χ0v) is 16.4. The molecular formula is C18H27N3O7. The van der Waals surface area contributed by atoms with E-state index in [1.807, 2.05) is 20.8 Å². The summed E-state index contributed by atoms with van der Waals surface area (Å²) in [6.45, 7) is 7.12. The van der Waals surface area contributed by atoms with Gasteiger partial charge in [0.15, 0.2) is 11.3 Å². The molecule has 2 N–H and O–H groups in total. The van der Waals surface area contributed by atoms with Crippen LogP contribution in [0.4, 0.5) is 4.79 Å². The number of nitrogens with zero attached hydrogens (tertiary/aromatic N) is 2. The van der Waals surface area contributed by atoms with Gasteiger partial charge in [0, 0.05) is 25.8 Å². The molecule has 0 aromatic carbocycles. The van der Waals surface area contributed by atoms with Crippen LogP contribution >= 0.6 is 0 Å². The number of carbonyl (C=O) groups is 3. The number of alkyl carbamates (subject to hydrolysis) is 1. The second-order valence-corrected chi connectivity index (χ2v) is 8.64. The number of carbonyl (C=O) groups excluding carboxylic acids is 2. The van der Waals surface area contributed by atoms with Gasteiger partial charge in [-0.15, -0.1) is 0 Å². The highest BCUT2D eigenvalue weighted by atomic mass is 16.7. The molecule has 3 rings (SSSR count). The van der Waals surface area contributed by atoms with Crippen LogP contribution in [0.25, 0.3) is 0 Å². The molecule has 0 aromatic heterocycles. The molecule has 3 aliphatic heterocycles. The topological polar surface area (TPSA) is 127 Å². The molecule has 10 heteroatoms. The zero-order valence-electron chi connectivity index (χ0n) is 16.4. The van der Waals surface area contributed by atoms with Gasteiger partial charge >= 0.3 is 12.1 Å². The number of carboxylic acids is 1. The molecule has 2 fully saturated rings. The maximum Gasteiger partial charge on any atom is 0.408 e. The monoisotopic (exact) mass is 397 g/mol. The first-order chi connectivity index (χ1) is 13.1. The molecule has 156 valence electrons. The van der Waals surface area contributed by atoms with Crippen LogP contribution in [0.5, 0.6) is 0 Å². The highest BCUT2D eigenvalue weighted by molar-refractivity contribution is 6.36. The molecule has 2 amide bonds. The lowest BCUT2D eigenvalue weighted by molar-refractivity contribution is -0.136. The molecule has 3 atom stereocenters. The summed E-state index contributed by atoms with van der Waals surface area (Å²) < 4.78 is 10.5. The van der Waals surface area contributed by atoms with E-state index < -0.39 is 29.1 Å². The Morgan fingerprint density at radius 1 is 1.39 bits per heavy atom. The van der Waals surface area contributed by atoms with Crippen LogP contribution in [0.2, 0.25) is 0 Å². The Labute approximate surface area is 163 Å². The minimum atomic E-state index is -1.12. The van der Waals surface area contributed by atoms with Crippen molar-refractivity contribution in [2.24, 2.45) is 10.6 Å². The fourth-order valence-electron chi connectivity index (χ4n) is 3.63. The number of hydrogen-bond acceptors (Lipinski definition) is 7. The molecule has 3 heterocycles. The van der Waals surface area contributed by atoms with Crippen molar-refractivity contribution in [2.45, 2.75) is 57.8 Å². The van der Waals surface area contributed by atoms with Gasteiger partial charge in [0.2, 0.25) is 5.91 Å². The Morgan fingerprint density at radius 3 is 2.71 bits per heavy atom. The molecule has 0 radical (unpaired) electrons. The van der Waals surface area contributed by atoms with Gasteiger partial charge in [0.1, 0.15) is 12.1 Å². The summed E-state index contributed by atoms with van der Waals surface area (Å²) >= 11 is 0. The lowest BCUT2D eigenvalue weighted by Crippen LogP contribution is -2.55. The van der Waals surface area contributed by atoms with Crippen molar-refractivity contribution in [3.8, 4) is 0 Å². The van der Waals surface area contributed by atoms with E-state index in [2.05, 4.69) is 10.5 Å². The Kier molecular flexibility index (Phi) is 5.51. The first kappa shape index (κ1) is 20.4. The van der Waals surface area contributed by atoms with E-state index >= 15 is 0 Å². The average molecular weight is 397 g/mol. The van der Waals surface area contributed by atoms with E-state index in [-0.39, 0.29) is 30.7 Å². The van der Waals surface area contributed by atoms with E-state index in [1.165, 1.54) is 0 Å². The molecule has 1 unspecified atom stereocenters. The zero-order chi connectivity index (χ0) is 20.5. The summed E-state index contributed by atoms with van der Waals surface area (Å²) in [7, 11) is 0. The first-order valence-corrected chi connectivity index (χ1v) is 9.42. The van der Waals surface area contributed by atoms with Crippen LogP contribution in [-0.2, 0) is 23.9 Å². The van der Waals surface area contributed by atoms with Crippen LogP contribution < -0.4 is 5.32 Å². The Hall–Kier alpha value is -2.36. The third-order valence-corrected chi connectivity index (χ3v) is 5.25. The van der Waals surface area contributed by atoms with Gasteiger partial charge in [-0.3, -0.25) is 4.79 Å². The molecular weight excluding hydrogens is 370 g/mol. The highest BCUT2D eigenvalue weighted by Gasteiger charge is 2.50. The molecule has 0 aromatic rings. The van der Waals surface area contributed by atoms with E-state index in [0.29, 0.717) is 32.6 Å². The number of aliphatic carboxylic acids is 1. The van der Waals surface area contributed by atoms with Gasteiger partial charge < -0.3 is 29.6 Å². The SMILES string of the molecule is CC(C)(C)C(NC(=O)O[C@H]1CCOC1)C(=O)N1CC[C@]2(CC(C(=O)O)=NO2)C1. The average Bonchev–Trinajstić information content (AvgIpc) is 3.34. The van der Waals surface area contributed by atoms with E-state index in [0.717, 1.165) is 0 Å². The molecule has 0 bridgehead atoms. The van der Waals surface area contributed by atoms with Crippen molar-refractivity contribution in [3.05, 3.63) is 0 Å². The van der Waals surface area contributed by atoms with E-state index in [4.69, 9.17) is 19.4 Å². The normalized spacial score (nSPS) is 28.0. The highest BCUT2D eigenvalue weighted by Crippen LogP contribution is 2.35. The molecule has 1 spiro atoms. The van der Waals surface area contributed by atoms with Gasteiger partial charge in [0.25, 0.3) is 0 Å². The number of ether oxygens (including phenoxy) is 2. The van der Waals surface area contributed by atoms with Crippen molar-refractivity contribution in [1.82, 2.24) is 10.2 Å². The second kappa shape index (κ2) is 7.57. The van der Waals surface area contributed by atoms with Crippen LogP contribution in [0, 0.1) is 5.41 Å². The van der Waals surface area contributed by atoms with Crippen LogP contribution in [0.1, 0.15) is 40.0 Å². The van der Waals surface area contributed by atoms with Crippen molar-refractivity contribution >= 4 is 23.7 Å². The van der Waals surface area contributed by atoms with Gasteiger partial charge in [-0.25, -0.2) is 9.59 Å². The summed E-state index contributed by atoms with van der Waals surface area (Å²) in [6, 6.07) is -0.793. The number of nitrogens with one attached hydrogen (secondary N) is 1. The van der Waals surface area contributed by atoms with Crippen molar-refractivity contribution in [3.63, 3.8) is 0 Å². The first-order valence-electron chi connectivity index (χ1n) is 9.42. The molecule has 2 saturated heterocycles. The Balaban J connectivity index is 1.62. The molecule has 10 nitrogen and oxygen atoms in total. The third kappa shape index (κ3) is 4.37. The molecule has 28 heavy (non-hydrogen) atoms. The minimum absolute atomic E-state index is 0.0397. The fraction of sp³-hybridized carbons (Fsp3) is 0.778. The van der Waals surface area contributed by atoms with Crippen LogP contribution in [0.3, 0.4) is 0 Å². The van der Waals surface area contributed by atoms with Gasteiger partial charge in [-0.1, -0.05) is 25.9 Å². The predicted molar refractivity (Wildman–Crippen MR) is 96.8 cm³/mol. The number of amides is 2. The summed E-state index contributed by atoms with van der Waals surface area (Å²) in [4.78, 5) is 43.5. The second-order valence-electron chi connectivity index (χ2n) is 8.64. The molecule has 0 saturated carbocycles. The number of hydrogen-bond donors (Lipinski definition) is 2. The minimum Gasteiger partial charge on any atom is -0.477 e. The lowest BCUT2D eigenvalue weighted by atomic mass is 9.86. The summed E-state index contributed by atoms with van der Waals surface area (Å²) in [5.41, 5.74) is -1.38. The quantitative estimate of drug-likeness (QED) is 0.716. The maximum absolute atomic E-state index is 13.1. The van der Waals surface area contributed by atoms with E-state index in [1.54, 1.807) is 4.90 Å². The van der Waals surface area contributed by atoms with Crippen LogP contribution in [0.15, 0.2) is 5.16 Å². The largest absolute Gasteiger partial charge is 0.477 e. The number of rotatable bonds is 4.